The monoisotopic (exact) mass is 330 g/mol. The highest BCUT2D eigenvalue weighted by atomic mass is 16.3. The Bertz CT molecular complexity index is 981. The van der Waals surface area contributed by atoms with E-state index in [2.05, 4.69) is 12.1 Å². The minimum Gasteiger partial charge on any atom is -0.508 e. The first-order chi connectivity index (χ1) is 12.2. The average molecular weight is 330 g/mol. The molecule has 3 aromatic carbocycles. The lowest BCUT2D eigenvalue weighted by Crippen LogP contribution is -2.10. The van der Waals surface area contributed by atoms with Crippen LogP contribution in [-0.4, -0.2) is 10.2 Å². The van der Waals surface area contributed by atoms with Gasteiger partial charge in [-0.15, -0.1) is 0 Å². The van der Waals surface area contributed by atoms with Crippen LogP contribution in [0.15, 0.2) is 42.5 Å². The maximum atomic E-state index is 10.1. The summed E-state index contributed by atoms with van der Waals surface area (Å²) in [6, 6.07) is 13.8. The highest BCUT2D eigenvalue weighted by molar-refractivity contribution is 5.95. The molecule has 1 saturated carbocycles. The zero-order valence-corrected chi connectivity index (χ0v) is 14.3. The minimum absolute atomic E-state index is 0.351. The molecule has 0 unspecified atom stereocenters. The van der Waals surface area contributed by atoms with Gasteiger partial charge in [-0.3, -0.25) is 0 Å². The molecule has 0 aromatic heterocycles. The molecule has 0 spiro atoms. The SMILES string of the molecule is Oc1ccc2c(c1)CCc1c-2cc2ccc(O)cc2c1C1CCCC1. The second-order valence-corrected chi connectivity index (χ2v) is 7.54. The predicted molar refractivity (Wildman–Crippen MR) is 101 cm³/mol. The highest BCUT2D eigenvalue weighted by Gasteiger charge is 2.27. The van der Waals surface area contributed by atoms with Crippen LogP contribution < -0.4 is 0 Å². The molecule has 0 bridgehead atoms. The molecule has 2 nitrogen and oxygen atoms in total. The van der Waals surface area contributed by atoms with Crippen LogP contribution >= 0.6 is 0 Å². The number of hydrogen-bond acceptors (Lipinski definition) is 2. The van der Waals surface area contributed by atoms with Crippen molar-refractivity contribution in [1.29, 1.82) is 0 Å². The van der Waals surface area contributed by atoms with Crippen LogP contribution in [0, 0.1) is 0 Å². The number of phenols is 2. The van der Waals surface area contributed by atoms with Crippen LogP contribution in [0.1, 0.15) is 48.3 Å². The van der Waals surface area contributed by atoms with Gasteiger partial charge in [0, 0.05) is 0 Å². The molecule has 2 N–H and O–H groups in total. The van der Waals surface area contributed by atoms with Gasteiger partial charge in [-0.25, -0.2) is 0 Å². The molecule has 3 aromatic rings. The van der Waals surface area contributed by atoms with E-state index in [0.29, 0.717) is 17.4 Å². The van der Waals surface area contributed by atoms with Gasteiger partial charge in [0.1, 0.15) is 11.5 Å². The van der Waals surface area contributed by atoms with Crippen LogP contribution in [-0.2, 0) is 12.8 Å². The third kappa shape index (κ3) is 2.31. The Hall–Kier alpha value is -2.48. The first-order valence-electron chi connectivity index (χ1n) is 9.31. The highest BCUT2D eigenvalue weighted by Crippen LogP contribution is 2.46. The van der Waals surface area contributed by atoms with Crippen molar-refractivity contribution < 1.29 is 10.2 Å². The summed E-state index contributed by atoms with van der Waals surface area (Å²) < 4.78 is 0. The van der Waals surface area contributed by atoms with Gasteiger partial charge in [-0.2, -0.15) is 0 Å². The molecule has 0 amide bonds. The van der Waals surface area contributed by atoms with Crippen LogP contribution in [0.3, 0.4) is 0 Å². The van der Waals surface area contributed by atoms with Crippen LogP contribution in [0.5, 0.6) is 11.5 Å². The zero-order chi connectivity index (χ0) is 17.0. The Balaban J connectivity index is 1.84. The van der Waals surface area contributed by atoms with Crippen LogP contribution in [0.25, 0.3) is 21.9 Å². The Kier molecular flexibility index (Phi) is 3.27. The van der Waals surface area contributed by atoms with E-state index in [1.807, 2.05) is 18.2 Å². The van der Waals surface area contributed by atoms with Crippen LogP contribution in [0.2, 0.25) is 0 Å². The summed E-state index contributed by atoms with van der Waals surface area (Å²) in [5, 5.41) is 22.3. The van der Waals surface area contributed by atoms with Gasteiger partial charge in [-0.05, 0) is 101 Å². The summed E-state index contributed by atoms with van der Waals surface area (Å²) in [4.78, 5) is 0. The van der Waals surface area contributed by atoms with E-state index in [4.69, 9.17) is 0 Å². The summed E-state index contributed by atoms with van der Waals surface area (Å²) in [5.74, 6) is 1.31. The molecule has 2 aliphatic rings. The topological polar surface area (TPSA) is 40.5 Å². The molecule has 0 atom stereocenters. The van der Waals surface area contributed by atoms with Gasteiger partial charge in [0.05, 0.1) is 0 Å². The van der Waals surface area contributed by atoms with Crippen molar-refractivity contribution in [3.63, 3.8) is 0 Å². The normalized spacial score (nSPS) is 16.8. The average Bonchev–Trinajstić information content (AvgIpc) is 3.13. The molecule has 1 fully saturated rings. The molecule has 5 rings (SSSR count). The number of aromatic hydroxyl groups is 2. The molecule has 0 radical (unpaired) electrons. The molecular formula is C23H22O2. The van der Waals surface area contributed by atoms with E-state index in [-0.39, 0.29) is 0 Å². The summed E-state index contributed by atoms with van der Waals surface area (Å²) in [7, 11) is 0. The van der Waals surface area contributed by atoms with Gasteiger partial charge >= 0.3 is 0 Å². The Morgan fingerprint density at radius 3 is 2.36 bits per heavy atom. The van der Waals surface area contributed by atoms with Crippen molar-refractivity contribution in [2.24, 2.45) is 0 Å². The van der Waals surface area contributed by atoms with E-state index in [1.165, 1.54) is 64.3 Å². The third-order valence-electron chi connectivity index (χ3n) is 6.06. The predicted octanol–water partition coefficient (Wildman–Crippen LogP) is 5.67. The molecule has 0 aliphatic heterocycles. The summed E-state index contributed by atoms with van der Waals surface area (Å²) in [5.41, 5.74) is 6.75. The van der Waals surface area contributed by atoms with Crippen molar-refractivity contribution in [2.45, 2.75) is 44.4 Å². The van der Waals surface area contributed by atoms with E-state index < -0.39 is 0 Å². The van der Waals surface area contributed by atoms with Gasteiger partial charge in [0.25, 0.3) is 0 Å². The maximum absolute atomic E-state index is 10.1. The number of phenolic OH excluding ortho intramolecular Hbond substituents is 2. The van der Waals surface area contributed by atoms with Crippen molar-refractivity contribution in [2.75, 3.05) is 0 Å². The summed E-state index contributed by atoms with van der Waals surface area (Å²) in [6.07, 6.45) is 7.11. The fraction of sp³-hybridized carbons (Fsp3) is 0.304. The molecule has 25 heavy (non-hydrogen) atoms. The summed E-state index contributed by atoms with van der Waals surface area (Å²) >= 11 is 0. The third-order valence-corrected chi connectivity index (χ3v) is 6.06. The Labute approximate surface area is 147 Å². The molecule has 0 heterocycles. The Morgan fingerprint density at radius 1 is 0.760 bits per heavy atom. The molecule has 0 saturated heterocycles. The molecule has 126 valence electrons. The maximum Gasteiger partial charge on any atom is 0.116 e. The zero-order valence-electron chi connectivity index (χ0n) is 14.3. The number of fused-ring (bicyclic) bond motifs is 4. The number of rotatable bonds is 1. The first-order valence-corrected chi connectivity index (χ1v) is 9.31. The van der Waals surface area contributed by atoms with Gasteiger partial charge in [-0.1, -0.05) is 25.0 Å². The first kappa shape index (κ1) is 14.8. The molecule has 2 aliphatic carbocycles. The molecular weight excluding hydrogens is 308 g/mol. The number of hydrogen-bond donors (Lipinski definition) is 2. The lowest BCUT2D eigenvalue weighted by atomic mass is 9.77. The molecule has 2 heteroatoms. The van der Waals surface area contributed by atoms with Gasteiger partial charge < -0.3 is 10.2 Å². The van der Waals surface area contributed by atoms with E-state index >= 15 is 0 Å². The smallest absolute Gasteiger partial charge is 0.116 e. The Morgan fingerprint density at radius 2 is 1.52 bits per heavy atom. The minimum atomic E-state index is 0.351. The lowest BCUT2D eigenvalue weighted by Gasteiger charge is -2.27. The van der Waals surface area contributed by atoms with Crippen molar-refractivity contribution >= 4 is 10.8 Å². The standard InChI is InChI=1S/C23H22O2/c24-17-8-10-19-15(11-17)6-9-20-22(19)12-16-5-7-18(25)13-21(16)23(20)14-3-1-2-4-14/h5,7-8,10-14,24-25H,1-4,6,9H2. The van der Waals surface area contributed by atoms with Gasteiger partial charge in [0.2, 0.25) is 0 Å². The fourth-order valence-corrected chi connectivity index (χ4v) is 4.95. The number of benzene rings is 3. The fourth-order valence-electron chi connectivity index (χ4n) is 4.95. The van der Waals surface area contributed by atoms with Crippen molar-refractivity contribution in [3.05, 3.63) is 59.2 Å². The quantitative estimate of drug-likeness (QED) is 0.603. The van der Waals surface area contributed by atoms with E-state index in [1.54, 1.807) is 12.1 Å². The van der Waals surface area contributed by atoms with E-state index in [0.717, 1.165) is 12.8 Å². The lowest BCUT2D eigenvalue weighted by molar-refractivity contribution is 0.474. The van der Waals surface area contributed by atoms with Gasteiger partial charge in [0.15, 0.2) is 0 Å². The van der Waals surface area contributed by atoms with Crippen molar-refractivity contribution in [3.8, 4) is 22.6 Å². The summed E-state index contributed by atoms with van der Waals surface area (Å²) in [6.45, 7) is 0. The second kappa shape index (κ2) is 5.52. The number of aryl methyl sites for hydroxylation is 1. The van der Waals surface area contributed by atoms with E-state index in [9.17, 15) is 10.2 Å². The van der Waals surface area contributed by atoms with Crippen molar-refractivity contribution in [1.82, 2.24) is 0 Å². The second-order valence-electron chi connectivity index (χ2n) is 7.54. The van der Waals surface area contributed by atoms with Crippen LogP contribution in [0.4, 0.5) is 0 Å². The largest absolute Gasteiger partial charge is 0.508 e.